The first-order valence-electron chi connectivity index (χ1n) is 6.26. The van der Waals surface area contributed by atoms with Crippen LogP contribution in [0.5, 0.6) is 0 Å². The van der Waals surface area contributed by atoms with Gasteiger partial charge < -0.3 is 5.21 Å². The number of nitrogens with zero attached hydrogens (tertiary/aromatic N) is 1. The molecule has 5 heteroatoms. The number of hydrogen-bond donors (Lipinski definition) is 0. The number of ketones is 1. The molecule has 0 N–H and O–H groups in total. The quantitative estimate of drug-likeness (QED) is 0.270. The van der Waals surface area contributed by atoms with Crippen molar-refractivity contribution in [2.24, 2.45) is 0 Å². The minimum atomic E-state index is -0.346. The van der Waals surface area contributed by atoms with Crippen molar-refractivity contribution in [3.8, 4) is 0 Å². The molecule has 1 aromatic heterocycles. The highest BCUT2D eigenvalue weighted by atomic mass is 32.2. The van der Waals surface area contributed by atoms with Gasteiger partial charge in [0.1, 0.15) is 5.82 Å². The maximum absolute atomic E-state index is 12.7. The van der Waals surface area contributed by atoms with E-state index in [1.807, 2.05) is 0 Å². The lowest BCUT2D eigenvalue weighted by Crippen LogP contribution is -2.27. The molecule has 0 bridgehead atoms. The number of Topliss-reactive ketones (excluding diaryl/α,β-unsaturated/α-hetero) is 1. The molecule has 20 heavy (non-hydrogen) atoms. The maximum Gasteiger partial charge on any atom is 0.251 e. The lowest BCUT2D eigenvalue weighted by molar-refractivity contribution is -0.645. The number of benzene rings is 1. The van der Waals surface area contributed by atoms with Gasteiger partial charge in [-0.3, -0.25) is 4.79 Å². The Kier molecular flexibility index (Phi) is 5.12. The van der Waals surface area contributed by atoms with Crippen molar-refractivity contribution in [2.45, 2.75) is 17.9 Å². The molecule has 0 aliphatic rings. The van der Waals surface area contributed by atoms with E-state index < -0.39 is 0 Å². The molecule has 3 nitrogen and oxygen atoms in total. The first kappa shape index (κ1) is 14.5. The average Bonchev–Trinajstić information content (AvgIpc) is 2.46. The molecule has 0 amide bonds. The summed E-state index contributed by atoms with van der Waals surface area (Å²) in [5, 5.41) is 12.0. The van der Waals surface area contributed by atoms with Crippen LogP contribution in [0.25, 0.3) is 0 Å². The van der Waals surface area contributed by atoms with Gasteiger partial charge in [0.05, 0.1) is 0 Å². The van der Waals surface area contributed by atoms with Crippen LogP contribution in [-0.2, 0) is 0 Å². The van der Waals surface area contributed by atoms with E-state index in [1.165, 1.54) is 42.2 Å². The van der Waals surface area contributed by atoms with Crippen molar-refractivity contribution in [2.75, 3.05) is 5.75 Å². The highest BCUT2D eigenvalue weighted by molar-refractivity contribution is 7.99. The summed E-state index contributed by atoms with van der Waals surface area (Å²) < 4.78 is 13.5. The highest BCUT2D eigenvalue weighted by Crippen LogP contribution is 2.16. The fourth-order valence-corrected chi connectivity index (χ4v) is 2.57. The van der Waals surface area contributed by atoms with E-state index in [1.54, 1.807) is 18.2 Å². The van der Waals surface area contributed by atoms with Crippen LogP contribution >= 0.6 is 11.8 Å². The molecule has 0 saturated carbocycles. The minimum Gasteiger partial charge on any atom is -0.618 e. The van der Waals surface area contributed by atoms with Gasteiger partial charge in [0, 0.05) is 29.9 Å². The Bertz CT molecular complexity index is 587. The van der Waals surface area contributed by atoms with Gasteiger partial charge in [0.2, 0.25) is 0 Å². The zero-order valence-electron chi connectivity index (χ0n) is 10.8. The molecule has 0 saturated heterocycles. The minimum absolute atomic E-state index is 0.00587. The van der Waals surface area contributed by atoms with E-state index >= 15 is 0 Å². The Labute approximate surface area is 121 Å². The molecule has 1 aromatic carbocycles. The van der Waals surface area contributed by atoms with Crippen molar-refractivity contribution in [1.82, 2.24) is 0 Å². The van der Waals surface area contributed by atoms with E-state index in [-0.39, 0.29) is 11.6 Å². The van der Waals surface area contributed by atoms with Crippen LogP contribution in [0.3, 0.4) is 0 Å². The fourth-order valence-electron chi connectivity index (χ4n) is 1.71. The van der Waals surface area contributed by atoms with Gasteiger partial charge >= 0.3 is 0 Å². The number of carbonyl (C=O) groups excluding carboxylic acids is 1. The second-order valence-electron chi connectivity index (χ2n) is 4.25. The Balaban J connectivity index is 1.77. The van der Waals surface area contributed by atoms with Crippen molar-refractivity contribution in [3.05, 3.63) is 65.2 Å². The lowest BCUT2D eigenvalue weighted by atomic mass is 10.1. The summed E-state index contributed by atoms with van der Waals surface area (Å²) >= 11 is 1.42. The van der Waals surface area contributed by atoms with Crippen LogP contribution in [0.15, 0.2) is 53.7 Å². The van der Waals surface area contributed by atoms with Crippen LogP contribution in [0, 0.1) is 11.0 Å². The van der Waals surface area contributed by atoms with E-state index in [0.29, 0.717) is 29.2 Å². The van der Waals surface area contributed by atoms with E-state index in [9.17, 15) is 14.4 Å². The normalized spacial score (nSPS) is 10.4. The van der Waals surface area contributed by atoms with Gasteiger partial charge in [0.25, 0.3) is 5.03 Å². The molecule has 0 fully saturated rings. The Morgan fingerprint density at radius 3 is 2.65 bits per heavy atom. The standard InChI is InChI=1S/C15H14FNO2S/c16-13-8-6-12(7-9-13)14(18)4-3-11-20-15-5-1-2-10-17(15)19/h1-2,5-10H,3-4,11H2. The van der Waals surface area contributed by atoms with Gasteiger partial charge in [-0.25, -0.2) is 4.39 Å². The third-order valence-electron chi connectivity index (χ3n) is 2.75. The lowest BCUT2D eigenvalue weighted by Gasteiger charge is -2.03. The molecule has 0 spiro atoms. The summed E-state index contributed by atoms with van der Waals surface area (Å²) in [6.45, 7) is 0. The first-order valence-corrected chi connectivity index (χ1v) is 7.25. The van der Waals surface area contributed by atoms with E-state index in [2.05, 4.69) is 0 Å². The topological polar surface area (TPSA) is 44.0 Å². The van der Waals surface area contributed by atoms with Gasteiger partial charge in [-0.1, -0.05) is 11.8 Å². The van der Waals surface area contributed by atoms with Crippen LogP contribution in [0.1, 0.15) is 23.2 Å². The Hall–Kier alpha value is -1.88. The molecule has 0 radical (unpaired) electrons. The summed E-state index contributed by atoms with van der Waals surface area (Å²) in [4.78, 5) is 11.8. The fraction of sp³-hybridized carbons (Fsp3) is 0.200. The summed E-state index contributed by atoms with van der Waals surface area (Å²) in [6.07, 6.45) is 2.52. The SMILES string of the molecule is O=C(CCCSc1cccc[n+]1[O-])c1ccc(F)cc1. The monoisotopic (exact) mass is 291 g/mol. The third-order valence-corrected chi connectivity index (χ3v) is 3.86. The molecular weight excluding hydrogens is 277 g/mol. The van der Waals surface area contributed by atoms with E-state index in [0.717, 1.165) is 4.73 Å². The van der Waals surface area contributed by atoms with Crippen LogP contribution in [-0.4, -0.2) is 11.5 Å². The predicted octanol–water partition coefficient (Wildman–Crippen LogP) is 3.21. The zero-order chi connectivity index (χ0) is 14.4. The number of aromatic nitrogens is 1. The molecule has 0 atom stereocenters. The molecule has 1 heterocycles. The number of thioether (sulfide) groups is 1. The molecule has 0 aliphatic carbocycles. The van der Waals surface area contributed by atoms with Crippen molar-refractivity contribution in [1.29, 1.82) is 0 Å². The van der Waals surface area contributed by atoms with Crippen molar-refractivity contribution in [3.63, 3.8) is 0 Å². The van der Waals surface area contributed by atoms with Crippen LogP contribution in [0.4, 0.5) is 4.39 Å². The number of rotatable bonds is 6. The maximum atomic E-state index is 12.7. The van der Waals surface area contributed by atoms with Gasteiger partial charge in [-0.05, 0) is 36.8 Å². The molecule has 2 aromatic rings. The van der Waals surface area contributed by atoms with E-state index in [4.69, 9.17) is 0 Å². The molecule has 2 rings (SSSR count). The molecule has 0 unspecified atom stereocenters. The second-order valence-corrected chi connectivity index (χ2v) is 5.36. The van der Waals surface area contributed by atoms with Gasteiger partial charge in [-0.15, -0.1) is 0 Å². The number of hydrogen-bond acceptors (Lipinski definition) is 3. The summed E-state index contributed by atoms with van der Waals surface area (Å²) in [7, 11) is 0. The summed E-state index contributed by atoms with van der Waals surface area (Å²) in [5.41, 5.74) is 0.523. The summed E-state index contributed by atoms with van der Waals surface area (Å²) in [6, 6.07) is 10.8. The Morgan fingerprint density at radius 2 is 1.95 bits per heavy atom. The second kappa shape index (κ2) is 7.05. The zero-order valence-corrected chi connectivity index (χ0v) is 11.6. The number of pyridine rings is 1. The first-order chi connectivity index (χ1) is 9.66. The Morgan fingerprint density at radius 1 is 1.20 bits per heavy atom. The molecular formula is C15H14FNO2S. The number of carbonyl (C=O) groups is 1. The molecule has 104 valence electrons. The number of halogens is 1. The van der Waals surface area contributed by atoms with Gasteiger partial charge in [0.15, 0.2) is 12.0 Å². The van der Waals surface area contributed by atoms with Crippen LogP contribution in [0.2, 0.25) is 0 Å². The van der Waals surface area contributed by atoms with Crippen molar-refractivity contribution >= 4 is 17.5 Å². The summed E-state index contributed by atoms with van der Waals surface area (Å²) in [5.74, 6) is 0.342. The smallest absolute Gasteiger partial charge is 0.251 e. The highest BCUT2D eigenvalue weighted by Gasteiger charge is 2.08. The van der Waals surface area contributed by atoms with Crippen molar-refractivity contribution < 1.29 is 13.9 Å². The van der Waals surface area contributed by atoms with Crippen LogP contribution < -0.4 is 4.73 Å². The largest absolute Gasteiger partial charge is 0.618 e. The predicted molar refractivity (Wildman–Crippen MR) is 76.1 cm³/mol. The molecule has 0 aliphatic heterocycles. The third kappa shape index (κ3) is 4.06. The average molecular weight is 291 g/mol. The van der Waals surface area contributed by atoms with Gasteiger partial charge in [-0.2, -0.15) is 4.73 Å².